The van der Waals surface area contributed by atoms with Gasteiger partial charge in [-0.3, -0.25) is 0 Å². The molecular weight excluding hydrogens is 557 g/mol. The highest BCUT2D eigenvalue weighted by Crippen LogP contribution is 2.26. The predicted octanol–water partition coefficient (Wildman–Crippen LogP) is 4.54. The van der Waals surface area contributed by atoms with Crippen LogP contribution < -0.4 is 0 Å². The van der Waals surface area contributed by atoms with Crippen LogP contribution in [0.1, 0.15) is 5.56 Å². The summed E-state index contributed by atoms with van der Waals surface area (Å²) in [6.45, 7) is 0. The van der Waals surface area contributed by atoms with Gasteiger partial charge in [0.2, 0.25) is 4.77 Å². The van der Waals surface area contributed by atoms with Crippen molar-refractivity contribution >= 4 is 63.6 Å². The Kier molecular flexibility index (Phi) is 5.30. The fraction of sp³-hybridized carbons (Fsp3) is 0. The molecule has 1 heterocycles. The van der Waals surface area contributed by atoms with Gasteiger partial charge in [0, 0.05) is 9.13 Å². The molecule has 3 aromatic rings. The summed E-state index contributed by atoms with van der Waals surface area (Å²) in [6, 6.07) is 9.88. The molecule has 0 atom stereocenters. The lowest BCUT2D eigenvalue weighted by Gasteiger charge is -2.04. The van der Waals surface area contributed by atoms with Crippen LogP contribution in [0.2, 0.25) is 0 Å². The normalized spacial score (nSPS) is 11.3. The van der Waals surface area contributed by atoms with E-state index >= 15 is 0 Å². The highest BCUT2D eigenvalue weighted by atomic mass is 127. The van der Waals surface area contributed by atoms with E-state index in [1.165, 1.54) is 17.0 Å². The molecule has 24 heavy (non-hydrogen) atoms. The van der Waals surface area contributed by atoms with Crippen molar-refractivity contribution in [3.8, 4) is 17.1 Å². The summed E-state index contributed by atoms with van der Waals surface area (Å²) < 4.78 is 17.2. The number of nitrogens with one attached hydrogen (secondary N) is 1. The maximum atomic E-state index is 14.0. The molecular formula is C15H9FI2N4OS. The van der Waals surface area contributed by atoms with Gasteiger partial charge >= 0.3 is 0 Å². The lowest BCUT2D eigenvalue weighted by atomic mass is 10.2. The third-order valence-electron chi connectivity index (χ3n) is 3.14. The zero-order valence-corrected chi connectivity index (χ0v) is 17.0. The van der Waals surface area contributed by atoms with Crippen molar-refractivity contribution in [3.63, 3.8) is 0 Å². The summed E-state index contributed by atoms with van der Waals surface area (Å²) in [5.41, 5.74) is 0.817. The smallest absolute Gasteiger partial charge is 0.216 e. The maximum absolute atomic E-state index is 14.0. The highest BCUT2D eigenvalue weighted by molar-refractivity contribution is 14.1. The minimum atomic E-state index is -0.422. The molecule has 0 saturated carbocycles. The predicted molar refractivity (Wildman–Crippen MR) is 109 cm³/mol. The number of aromatic nitrogens is 3. The van der Waals surface area contributed by atoms with E-state index in [4.69, 9.17) is 12.2 Å². The monoisotopic (exact) mass is 566 g/mol. The van der Waals surface area contributed by atoms with Gasteiger partial charge in [0.25, 0.3) is 0 Å². The van der Waals surface area contributed by atoms with E-state index in [9.17, 15) is 9.50 Å². The summed E-state index contributed by atoms with van der Waals surface area (Å²) in [5, 5.41) is 21.0. The fourth-order valence-electron chi connectivity index (χ4n) is 2.02. The number of phenolic OH excluding ortho intramolecular Hbond substituents is 1. The Bertz CT molecular complexity index is 999. The highest BCUT2D eigenvalue weighted by Gasteiger charge is 2.12. The molecule has 3 rings (SSSR count). The third kappa shape index (κ3) is 3.52. The van der Waals surface area contributed by atoms with Crippen LogP contribution in [0.3, 0.4) is 0 Å². The van der Waals surface area contributed by atoms with E-state index in [-0.39, 0.29) is 21.9 Å². The minimum Gasteiger partial charge on any atom is -0.506 e. The molecule has 0 fully saturated rings. The lowest BCUT2D eigenvalue weighted by molar-refractivity contribution is 0.470. The quantitative estimate of drug-likeness (QED) is 0.278. The number of benzene rings is 2. The van der Waals surface area contributed by atoms with Crippen LogP contribution in [0.15, 0.2) is 41.5 Å². The molecule has 0 amide bonds. The Morgan fingerprint density at radius 1 is 1.29 bits per heavy atom. The molecule has 0 spiro atoms. The molecule has 0 radical (unpaired) electrons. The maximum Gasteiger partial charge on any atom is 0.216 e. The van der Waals surface area contributed by atoms with Gasteiger partial charge in [-0.05, 0) is 81.7 Å². The van der Waals surface area contributed by atoms with Gasteiger partial charge in [0.1, 0.15) is 11.6 Å². The van der Waals surface area contributed by atoms with Gasteiger partial charge in [-0.2, -0.15) is 14.9 Å². The number of hydrogen-bond acceptors (Lipinski definition) is 4. The van der Waals surface area contributed by atoms with Gasteiger partial charge in [-0.25, -0.2) is 9.49 Å². The van der Waals surface area contributed by atoms with Crippen molar-refractivity contribution in [1.82, 2.24) is 14.9 Å². The first-order valence-electron chi connectivity index (χ1n) is 6.62. The van der Waals surface area contributed by atoms with Gasteiger partial charge in [0.05, 0.1) is 15.3 Å². The van der Waals surface area contributed by atoms with Crippen molar-refractivity contribution in [2.24, 2.45) is 5.10 Å². The minimum absolute atomic E-state index is 0.127. The fourth-order valence-corrected chi connectivity index (χ4v) is 4.09. The van der Waals surface area contributed by atoms with Crippen LogP contribution in [0.4, 0.5) is 4.39 Å². The molecule has 0 bridgehead atoms. The van der Waals surface area contributed by atoms with Crippen LogP contribution in [-0.2, 0) is 0 Å². The van der Waals surface area contributed by atoms with Crippen LogP contribution in [0.25, 0.3) is 11.4 Å². The first-order valence-corrected chi connectivity index (χ1v) is 9.18. The van der Waals surface area contributed by atoms with E-state index in [1.807, 2.05) is 28.7 Å². The van der Waals surface area contributed by atoms with Gasteiger partial charge in [0.15, 0.2) is 5.82 Å². The number of aromatic hydroxyl groups is 1. The van der Waals surface area contributed by atoms with Crippen LogP contribution in [-0.4, -0.2) is 26.2 Å². The zero-order valence-electron chi connectivity index (χ0n) is 11.9. The average molecular weight is 566 g/mol. The number of hydrogen-bond donors (Lipinski definition) is 2. The molecule has 2 aromatic carbocycles. The third-order valence-corrected chi connectivity index (χ3v) is 4.84. The van der Waals surface area contributed by atoms with Crippen molar-refractivity contribution in [2.45, 2.75) is 0 Å². The molecule has 5 nitrogen and oxygen atoms in total. The summed E-state index contributed by atoms with van der Waals surface area (Å²) in [4.78, 5) is 0. The molecule has 0 unspecified atom stereocenters. The number of halogens is 3. The number of rotatable bonds is 3. The Morgan fingerprint density at radius 3 is 2.79 bits per heavy atom. The molecule has 1 aromatic heterocycles. The van der Waals surface area contributed by atoms with Crippen LogP contribution in [0, 0.1) is 17.7 Å². The van der Waals surface area contributed by atoms with E-state index in [2.05, 4.69) is 37.9 Å². The second kappa shape index (κ2) is 7.27. The number of aromatic amines is 1. The summed E-state index contributed by atoms with van der Waals surface area (Å²) in [5.74, 6) is -0.0361. The molecule has 122 valence electrons. The van der Waals surface area contributed by atoms with Crippen molar-refractivity contribution in [2.75, 3.05) is 0 Å². The Labute approximate surface area is 168 Å². The topological polar surface area (TPSA) is 66.2 Å². The Balaban J connectivity index is 2.08. The SMILES string of the molecule is Oc1c(I)cc(I)cc1C=Nn1c(-c2ccccc2F)n[nH]c1=S. The first kappa shape index (κ1) is 17.5. The first-order chi connectivity index (χ1) is 11.5. The lowest BCUT2D eigenvalue weighted by Crippen LogP contribution is -1.97. The summed E-state index contributed by atoms with van der Waals surface area (Å²) in [7, 11) is 0. The second-order valence-electron chi connectivity index (χ2n) is 4.71. The van der Waals surface area contributed by atoms with Crippen LogP contribution in [0.5, 0.6) is 5.75 Å². The Hall–Kier alpha value is -1.34. The molecule has 0 aliphatic rings. The van der Waals surface area contributed by atoms with Gasteiger partial charge in [-0.15, -0.1) is 0 Å². The number of H-pyrrole nitrogens is 1. The zero-order chi connectivity index (χ0) is 17.3. The van der Waals surface area contributed by atoms with E-state index < -0.39 is 5.82 Å². The molecule has 0 aliphatic carbocycles. The standard InChI is InChI=1S/C15H9FI2N4OS/c16-11-4-2-1-3-10(11)14-20-21-15(24)22(14)19-7-8-5-9(17)6-12(18)13(8)23/h1-7,23H,(H,21,24). The van der Waals surface area contributed by atoms with Crippen molar-refractivity contribution in [3.05, 3.63) is 59.7 Å². The van der Waals surface area contributed by atoms with Crippen molar-refractivity contribution in [1.29, 1.82) is 0 Å². The largest absolute Gasteiger partial charge is 0.506 e. The average Bonchev–Trinajstić information content (AvgIpc) is 2.90. The van der Waals surface area contributed by atoms with E-state index in [0.29, 0.717) is 9.13 Å². The summed E-state index contributed by atoms with van der Waals surface area (Å²) >= 11 is 9.36. The number of nitrogens with zero attached hydrogens (tertiary/aromatic N) is 3. The second-order valence-corrected chi connectivity index (χ2v) is 7.51. The molecule has 0 aliphatic heterocycles. The van der Waals surface area contributed by atoms with Gasteiger partial charge in [-0.1, -0.05) is 12.1 Å². The Morgan fingerprint density at radius 2 is 2.04 bits per heavy atom. The van der Waals surface area contributed by atoms with E-state index in [0.717, 1.165) is 3.57 Å². The van der Waals surface area contributed by atoms with Gasteiger partial charge < -0.3 is 5.11 Å². The molecule has 2 N–H and O–H groups in total. The van der Waals surface area contributed by atoms with Crippen LogP contribution >= 0.6 is 57.4 Å². The summed E-state index contributed by atoms with van der Waals surface area (Å²) in [6.07, 6.45) is 1.47. The van der Waals surface area contributed by atoms with E-state index in [1.54, 1.807) is 24.3 Å². The van der Waals surface area contributed by atoms with Crippen molar-refractivity contribution < 1.29 is 9.50 Å². The molecule has 0 saturated heterocycles. The molecule has 9 heteroatoms. The number of phenols is 1.